The van der Waals surface area contributed by atoms with Crippen LogP contribution in [0.4, 0.5) is 22.0 Å². The van der Waals surface area contributed by atoms with Crippen LogP contribution in [0.2, 0.25) is 0 Å². The number of nitrogens with zero attached hydrogens (tertiary/aromatic N) is 4. The lowest BCUT2D eigenvalue weighted by Crippen LogP contribution is -2.44. The zero-order valence-corrected chi connectivity index (χ0v) is 13.5. The highest BCUT2D eigenvalue weighted by Gasteiger charge is 2.14. The van der Waals surface area contributed by atoms with Crippen molar-refractivity contribution in [2.45, 2.75) is 0 Å². The molecule has 0 aliphatic carbocycles. The van der Waals surface area contributed by atoms with Crippen LogP contribution in [0.25, 0.3) is 0 Å². The van der Waals surface area contributed by atoms with Gasteiger partial charge in [0.15, 0.2) is 0 Å². The molecule has 7 heteroatoms. The molecule has 2 heterocycles. The molecule has 1 saturated heterocycles. The molecule has 1 aromatic carbocycles. The maximum atomic E-state index is 12.0. The van der Waals surface area contributed by atoms with Crippen LogP contribution in [0, 0.1) is 0 Å². The third kappa shape index (κ3) is 3.81. The zero-order chi connectivity index (χ0) is 16.2. The van der Waals surface area contributed by atoms with E-state index in [4.69, 9.17) is 0 Å². The van der Waals surface area contributed by atoms with Gasteiger partial charge in [-0.3, -0.25) is 10.00 Å². The molecule has 7 nitrogen and oxygen atoms in total. The van der Waals surface area contributed by atoms with Crippen LogP contribution in [0.15, 0.2) is 36.5 Å². The number of aryl methyl sites for hydroxylation is 1. The van der Waals surface area contributed by atoms with Crippen molar-refractivity contribution < 1.29 is 4.79 Å². The molecule has 122 valence electrons. The second-order valence-corrected chi connectivity index (χ2v) is 5.76. The Morgan fingerprint density at radius 1 is 1.00 bits per heavy atom. The Morgan fingerprint density at radius 2 is 1.70 bits per heavy atom. The molecular weight excluding hydrogens is 292 g/mol. The Kier molecular flexibility index (Phi) is 4.47. The van der Waals surface area contributed by atoms with E-state index in [9.17, 15) is 4.79 Å². The van der Waals surface area contributed by atoms with E-state index < -0.39 is 0 Å². The van der Waals surface area contributed by atoms with Crippen molar-refractivity contribution in [2.24, 2.45) is 7.05 Å². The summed E-state index contributed by atoms with van der Waals surface area (Å²) in [4.78, 5) is 16.7. The minimum atomic E-state index is -0.277. The van der Waals surface area contributed by atoms with Gasteiger partial charge in [0.25, 0.3) is 0 Å². The first-order valence-corrected chi connectivity index (χ1v) is 7.71. The molecule has 0 spiro atoms. The molecule has 23 heavy (non-hydrogen) atoms. The van der Waals surface area contributed by atoms with Crippen molar-refractivity contribution in [3.05, 3.63) is 36.5 Å². The Balaban J connectivity index is 1.57. The number of amides is 2. The summed E-state index contributed by atoms with van der Waals surface area (Å²) in [6, 6.07) is 9.42. The molecule has 0 radical (unpaired) electrons. The number of anilines is 3. The first-order chi connectivity index (χ1) is 11.1. The highest BCUT2D eigenvalue weighted by Crippen LogP contribution is 2.19. The smallest absolute Gasteiger partial charge is 0.324 e. The molecule has 0 unspecified atom stereocenters. The van der Waals surface area contributed by atoms with Crippen molar-refractivity contribution in [2.75, 3.05) is 48.8 Å². The number of hydrogen-bond acceptors (Lipinski definition) is 4. The van der Waals surface area contributed by atoms with Crippen molar-refractivity contribution in [1.82, 2.24) is 14.7 Å². The predicted molar refractivity (Wildman–Crippen MR) is 92.0 cm³/mol. The number of benzene rings is 1. The summed E-state index contributed by atoms with van der Waals surface area (Å²) < 4.78 is 1.61. The Morgan fingerprint density at radius 3 is 2.30 bits per heavy atom. The van der Waals surface area contributed by atoms with Crippen LogP contribution >= 0.6 is 0 Å². The van der Waals surface area contributed by atoms with Crippen molar-refractivity contribution in [1.29, 1.82) is 0 Å². The lowest BCUT2D eigenvalue weighted by atomic mass is 10.2. The van der Waals surface area contributed by atoms with Crippen molar-refractivity contribution in [3.63, 3.8) is 0 Å². The molecule has 1 aromatic heterocycles. The SMILES string of the molecule is CN1CCN(c2ccc(NC(=O)Nc3ccnn3C)cc2)CC1. The molecule has 0 bridgehead atoms. The standard InChI is InChI=1S/C16H22N6O/c1-20-9-11-22(12-10-20)14-5-3-13(4-6-14)18-16(23)19-15-7-8-17-21(15)2/h3-8H,9-12H2,1-2H3,(H2,18,19,23). The van der Waals surface area contributed by atoms with Crippen LogP contribution in [0.3, 0.4) is 0 Å². The summed E-state index contributed by atoms with van der Waals surface area (Å²) in [5, 5.41) is 9.59. The second kappa shape index (κ2) is 6.70. The predicted octanol–water partition coefficient (Wildman–Crippen LogP) is 1.82. The van der Waals surface area contributed by atoms with Crippen LogP contribution < -0.4 is 15.5 Å². The molecule has 2 aromatic rings. The lowest BCUT2D eigenvalue weighted by molar-refractivity contribution is 0.262. The second-order valence-electron chi connectivity index (χ2n) is 5.76. The van der Waals surface area contributed by atoms with Gasteiger partial charge in [0.05, 0.1) is 6.20 Å². The van der Waals surface area contributed by atoms with Crippen LogP contribution in [0.1, 0.15) is 0 Å². The largest absolute Gasteiger partial charge is 0.369 e. The molecule has 2 amide bonds. The number of rotatable bonds is 3. The van der Waals surface area contributed by atoms with Gasteiger partial charge < -0.3 is 15.1 Å². The summed E-state index contributed by atoms with van der Waals surface area (Å²) in [5.41, 5.74) is 1.96. The highest BCUT2D eigenvalue weighted by atomic mass is 16.2. The van der Waals surface area contributed by atoms with Crippen LogP contribution in [0.5, 0.6) is 0 Å². The minimum absolute atomic E-state index is 0.277. The van der Waals surface area contributed by atoms with Gasteiger partial charge in [-0.25, -0.2) is 4.79 Å². The normalized spacial score (nSPS) is 15.5. The maximum Gasteiger partial charge on any atom is 0.324 e. The Labute approximate surface area is 135 Å². The van der Waals surface area contributed by atoms with Crippen LogP contribution in [-0.2, 0) is 7.05 Å². The fourth-order valence-electron chi connectivity index (χ4n) is 2.60. The Hall–Kier alpha value is -2.54. The quantitative estimate of drug-likeness (QED) is 0.907. The monoisotopic (exact) mass is 314 g/mol. The van der Waals surface area contributed by atoms with E-state index >= 15 is 0 Å². The van der Waals surface area contributed by atoms with Gasteiger partial charge in [-0.05, 0) is 31.3 Å². The number of aromatic nitrogens is 2. The zero-order valence-electron chi connectivity index (χ0n) is 13.5. The summed E-state index contributed by atoms with van der Waals surface area (Å²) in [7, 11) is 3.92. The third-order valence-electron chi connectivity index (χ3n) is 4.06. The van der Waals surface area contributed by atoms with E-state index in [0.29, 0.717) is 5.82 Å². The number of piperazine rings is 1. The lowest BCUT2D eigenvalue weighted by Gasteiger charge is -2.34. The fourth-order valence-corrected chi connectivity index (χ4v) is 2.60. The van der Waals surface area contributed by atoms with Gasteiger partial charge in [-0.1, -0.05) is 0 Å². The third-order valence-corrected chi connectivity index (χ3v) is 4.06. The number of nitrogens with one attached hydrogen (secondary N) is 2. The molecule has 0 atom stereocenters. The molecular formula is C16H22N6O. The summed E-state index contributed by atoms with van der Waals surface area (Å²) in [5.74, 6) is 0.650. The van der Waals surface area contributed by atoms with Gasteiger partial charge in [0, 0.05) is 50.7 Å². The molecule has 3 rings (SSSR count). The van der Waals surface area contributed by atoms with E-state index in [1.165, 1.54) is 5.69 Å². The molecule has 1 aliphatic rings. The highest BCUT2D eigenvalue weighted by molar-refractivity contribution is 5.99. The van der Waals surface area contributed by atoms with Gasteiger partial charge in [0.1, 0.15) is 5.82 Å². The number of hydrogen-bond donors (Lipinski definition) is 2. The van der Waals surface area contributed by atoms with Gasteiger partial charge in [-0.15, -0.1) is 0 Å². The summed E-state index contributed by atoms with van der Waals surface area (Å²) in [6.07, 6.45) is 1.64. The van der Waals surface area contributed by atoms with E-state index in [-0.39, 0.29) is 6.03 Å². The first kappa shape index (κ1) is 15.4. The van der Waals surface area contributed by atoms with Crippen LogP contribution in [-0.4, -0.2) is 53.9 Å². The van der Waals surface area contributed by atoms with Gasteiger partial charge in [0.2, 0.25) is 0 Å². The van der Waals surface area contributed by atoms with E-state index in [1.807, 2.05) is 24.3 Å². The number of carbonyl (C=O) groups excluding carboxylic acids is 1. The maximum absolute atomic E-state index is 12.0. The van der Waals surface area contributed by atoms with Crippen molar-refractivity contribution >= 4 is 23.2 Å². The molecule has 1 aliphatic heterocycles. The average Bonchev–Trinajstić information content (AvgIpc) is 2.94. The Bertz CT molecular complexity index is 657. The van der Waals surface area contributed by atoms with E-state index in [2.05, 4.69) is 32.6 Å². The van der Waals surface area contributed by atoms with E-state index in [0.717, 1.165) is 31.9 Å². The van der Waals surface area contributed by atoms with E-state index in [1.54, 1.807) is 24.0 Å². The number of carbonyl (C=O) groups is 1. The summed E-state index contributed by atoms with van der Waals surface area (Å²) >= 11 is 0. The van der Waals surface area contributed by atoms with Gasteiger partial charge >= 0.3 is 6.03 Å². The molecule has 1 fully saturated rings. The summed E-state index contributed by atoms with van der Waals surface area (Å²) in [6.45, 7) is 4.22. The number of urea groups is 1. The first-order valence-electron chi connectivity index (χ1n) is 7.71. The fraction of sp³-hybridized carbons (Fsp3) is 0.375. The van der Waals surface area contributed by atoms with Gasteiger partial charge in [-0.2, -0.15) is 5.10 Å². The number of likely N-dealkylation sites (N-methyl/N-ethyl adjacent to an activating group) is 1. The molecule has 0 saturated carbocycles. The molecule has 2 N–H and O–H groups in total. The average molecular weight is 314 g/mol. The minimum Gasteiger partial charge on any atom is -0.369 e. The van der Waals surface area contributed by atoms with Crippen molar-refractivity contribution in [3.8, 4) is 0 Å². The topological polar surface area (TPSA) is 65.4 Å².